The number of nitrogens with zero attached hydrogens (tertiary/aromatic N) is 1. The van der Waals surface area contributed by atoms with Crippen molar-refractivity contribution in [3.8, 4) is 0 Å². The van der Waals surface area contributed by atoms with Crippen LogP contribution in [0.15, 0.2) is 23.0 Å². The van der Waals surface area contributed by atoms with Gasteiger partial charge in [-0.25, -0.2) is 0 Å². The molecule has 2 atom stereocenters. The number of hydrogen-bond donors (Lipinski definition) is 1. The zero-order chi connectivity index (χ0) is 9.97. The summed E-state index contributed by atoms with van der Waals surface area (Å²) in [6.45, 7) is 4.56. The summed E-state index contributed by atoms with van der Waals surface area (Å²) in [5.41, 5.74) is 1.28. The molecule has 1 aliphatic rings. The summed E-state index contributed by atoms with van der Waals surface area (Å²) in [6.07, 6.45) is 4.84. The van der Waals surface area contributed by atoms with E-state index in [1.165, 1.54) is 18.5 Å². The monoisotopic (exact) mass is 194 g/mol. The highest BCUT2D eigenvalue weighted by Gasteiger charge is 2.25. The van der Waals surface area contributed by atoms with Crippen LogP contribution in [-0.2, 0) is 0 Å². The van der Waals surface area contributed by atoms with Gasteiger partial charge in [-0.1, -0.05) is 0 Å². The maximum absolute atomic E-state index is 5.11. The maximum atomic E-state index is 5.11. The van der Waals surface area contributed by atoms with Gasteiger partial charge in [0.15, 0.2) is 0 Å². The second kappa shape index (κ2) is 4.15. The number of rotatable bonds is 3. The van der Waals surface area contributed by atoms with Crippen molar-refractivity contribution in [2.75, 3.05) is 20.1 Å². The molecular weight excluding hydrogens is 176 g/mol. The highest BCUT2D eigenvalue weighted by atomic mass is 16.3. The van der Waals surface area contributed by atoms with Crippen molar-refractivity contribution in [1.82, 2.24) is 10.2 Å². The lowest BCUT2D eigenvalue weighted by molar-refractivity contribution is 0.256. The van der Waals surface area contributed by atoms with E-state index in [0.29, 0.717) is 12.1 Å². The van der Waals surface area contributed by atoms with Gasteiger partial charge in [0.25, 0.3) is 0 Å². The number of furan rings is 1. The molecule has 0 bridgehead atoms. The molecule has 0 aromatic carbocycles. The predicted molar refractivity (Wildman–Crippen MR) is 56.2 cm³/mol. The minimum atomic E-state index is 0.479. The molecule has 2 unspecified atom stereocenters. The van der Waals surface area contributed by atoms with Crippen molar-refractivity contribution in [3.63, 3.8) is 0 Å². The van der Waals surface area contributed by atoms with E-state index >= 15 is 0 Å². The minimum Gasteiger partial charge on any atom is -0.472 e. The van der Waals surface area contributed by atoms with Crippen molar-refractivity contribution in [3.05, 3.63) is 24.2 Å². The molecule has 0 amide bonds. The van der Waals surface area contributed by atoms with E-state index in [1.807, 2.05) is 13.3 Å². The Bertz CT molecular complexity index is 271. The van der Waals surface area contributed by atoms with Crippen molar-refractivity contribution >= 4 is 0 Å². The molecule has 2 heterocycles. The number of likely N-dealkylation sites (N-methyl/N-ethyl adjacent to an activating group) is 1. The van der Waals surface area contributed by atoms with E-state index in [-0.39, 0.29) is 0 Å². The summed E-state index contributed by atoms with van der Waals surface area (Å²) >= 11 is 0. The zero-order valence-corrected chi connectivity index (χ0v) is 8.86. The van der Waals surface area contributed by atoms with Gasteiger partial charge >= 0.3 is 0 Å². The van der Waals surface area contributed by atoms with Crippen LogP contribution in [0.5, 0.6) is 0 Å². The van der Waals surface area contributed by atoms with Gasteiger partial charge in [0.05, 0.1) is 12.5 Å². The Morgan fingerprint density at radius 1 is 1.64 bits per heavy atom. The van der Waals surface area contributed by atoms with Crippen LogP contribution in [0.2, 0.25) is 0 Å². The molecule has 1 fully saturated rings. The van der Waals surface area contributed by atoms with Crippen LogP contribution in [0, 0.1) is 0 Å². The third-order valence-corrected chi connectivity index (χ3v) is 3.20. The SMILES string of the molecule is CNC1CCN(C(C)c2ccoc2)C1. The summed E-state index contributed by atoms with van der Waals surface area (Å²) in [5.74, 6) is 0. The van der Waals surface area contributed by atoms with Crippen molar-refractivity contribution < 1.29 is 4.42 Å². The molecule has 1 saturated heterocycles. The Balaban J connectivity index is 1.97. The fourth-order valence-electron chi connectivity index (χ4n) is 2.10. The van der Waals surface area contributed by atoms with Crippen molar-refractivity contribution in [2.24, 2.45) is 0 Å². The molecule has 3 nitrogen and oxygen atoms in total. The van der Waals surface area contributed by atoms with Gasteiger partial charge in [0.1, 0.15) is 0 Å². The Hall–Kier alpha value is -0.800. The highest BCUT2D eigenvalue weighted by Crippen LogP contribution is 2.24. The fourth-order valence-corrected chi connectivity index (χ4v) is 2.10. The molecule has 0 aliphatic carbocycles. The van der Waals surface area contributed by atoms with Gasteiger partial charge in [-0.3, -0.25) is 4.90 Å². The normalized spacial score (nSPS) is 25.4. The fraction of sp³-hybridized carbons (Fsp3) is 0.636. The maximum Gasteiger partial charge on any atom is 0.0950 e. The van der Waals surface area contributed by atoms with Gasteiger partial charge in [-0.2, -0.15) is 0 Å². The summed E-state index contributed by atoms with van der Waals surface area (Å²) in [4.78, 5) is 2.49. The summed E-state index contributed by atoms with van der Waals surface area (Å²) in [5, 5.41) is 3.33. The van der Waals surface area contributed by atoms with Crippen LogP contribution in [0.1, 0.15) is 24.9 Å². The first-order valence-electron chi connectivity index (χ1n) is 5.24. The van der Waals surface area contributed by atoms with E-state index in [4.69, 9.17) is 4.42 Å². The van der Waals surface area contributed by atoms with E-state index in [2.05, 4.69) is 23.2 Å². The Morgan fingerprint density at radius 3 is 3.07 bits per heavy atom. The molecule has 2 rings (SSSR count). The highest BCUT2D eigenvalue weighted by molar-refractivity contribution is 5.11. The van der Waals surface area contributed by atoms with Gasteiger partial charge in [-0.05, 0) is 26.5 Å². The van der Waals surface area contributed by atoms with Crippen LogP contribution in [-0.4, -0.2) is 31.1 Å². The van der Waals surface area contributed by atoms with Crippen LogP contribution in [0.3, 0.4) is 0 Å². The zero-order valence-electron chi connectivity index (χ0n) is 8.86. The van der Waals surface area contributed by atoms with E-state index in [9.17, 15) is 0 Å². The molecule has 3 heteroatoms. The first-order valence-corrected chi connectivity index (χ1v) is 5.24. The third-order valence-electron chi connectivity index (χ3n) is 3.20. The lowest BCUT2D eigenvalue weighted by Gasteiger charge is -2.23. The number of nitrogens with one attached hydrogen (secondary N) is 1. The molecule has 1 aromatic rings. The summed E-state index contributed by atoms with van der Waals surface area (Å²) in [6, 6.07) is 3.19. The molecule has 0 saturated carbocycles. The van der Waals surface area contributed by atoms with Gasteiger partial charge < -0.3 is 9.73 Å². The van der Waals surface area contributed by atoms with Gasteiger partial charge in [0, 0.05) is 30.7 Å². The molecule has 1 aliphatic heterocycles. The third kappa shape index (κ3) is 1.83. The summed E-state index contributed by atoms with van der Waals surface area (Å²) in [7, 11) is 2.04. The summed E-state index contributed by atoms with van der Waals surface area (Å²) < 4.78 is 5.11. The van der Waals surface area contributed by atoms with Gasteiger partial charge in [0.2, 0.25) is 0 Å². The van der Waals surface area contributed by atoms with E-state index < -0.39 is 0 Å². The molecule has 78 valence electrons. The van der Waals surface area contributed by atoms with E-state index in [1.54, 1.807) is 6.26 Å². The first kappa shape index (κ1) is 9.74. The lowest BCUT2D eigenvalue weighted by atomic mass is 10.1. The Morgan fingerprint density at radius 2 is 2.50 bits per heavy atom. The number of likely N-dealkylation sites (tertiary alicyclic amines) is 1. The quantitative estimate of drug-likeness (QED) is 0.793. The predicted octanol–water partition coefficient (Wildman–Crippen LogP) is 1.63. The second-order valence-corrected chi connectivity index (χ2v) is 4.00. The molecule has 0 spiro atoms. The molecule has 0 radical (unpaired) electrons. The first-order chi connectivity index (χ1) is 6.81. The van der Waals surface area contributed by atoms with E-state index in [0.717, 1.165) is 6.54 Å². The number of hydrogen-bond acceptors (Lipinski definition) is 3. The Labute approximate surface area is 85.1 Å². The van der Waals surface area contributed by atoms with Crippen LogP contribution in [0.4, 0.5) is 0 Å². The smallest absolute Gasteiger partial charge is 0.0950 e. The Kier molecular flexibility index (Phi) is 2.89. The largest absolute Gasteiger partial charge is 0.472 e. The van der Waals surface area contributed by atoms with Gasteiger partial charge in [-0.15, -0.1) is 0 Å². The topological polar surface area (TPSA) is 28.4 Å². The molecule has 1 N–H and O–H groups in total. The standard InChI is InChI=1S/C11H18N2O/c1-9(10-4-6-14-8-10)13-5-3-11(7-13)12-2/h4,6,8-9,11-12H,3,5,7H2,1-2H3. The average Bonchev–Trinajstić information content (AvgIpc) is 2.88. The van der Waals surface area contributed by atoms with Crippen molar-refractivity contribution in [1.29, 1.82) is 0 Å². The molecular formula is C11H18N2O. The van der Waals surface area contributed by atoms with Crippen LogP contribution >= 0.6 is 0 Å². The van der Waals surface area contributed by atoms with Crippen LogP contribution in [0.25, 0.3) is 0 Å². The minimum absolute atomic E-state index is 0.479. The second-order valence-electron chi connectivity index (χ2n) is 4.00. The average molecular weight is 194 g/mol. The van der Waals surface area contributed by atoms with Crippen LogP contribution < -0.4 is 5.32 Å². The van der Waals surface area contributed by atoms with Crippen molar-refractivity contribution in [2.45, 2.75) is 25.4 Å². The molecule has 1 aromatic heterocycles. The lowest BCUT2D eigenvalue weighted by Crippen LogP contribution is -2.30. The molecule has 14 heavy (non-hydrogen) atoms.